The molecule has 1 aliphatic heterocycles. The summed E-state index contributed by atoms with van der Waals surface area (Å²) in [6.07, 6.45) is 11.4. The molecule has 0 bridgehead atoms. The van der Waals surface area contributed by atoms with Crippen LogP contribution in [-0.4, -0.2) is 53.5 Å². The van der Waals surface area contributed by atoms with Gasteiger partial charge in [-0.05, 0) is 56.0 Å². The molecule has 196 valence electrons. The third-order valence-corrected chi connectivity index (χ3v) is 7.88. The molecule has 2 aliphatic carbocycles. The van der Waals surface area contributed by atoms with Crippen molar-refractivity contribution < 1.29 is 14.3 Å². The van der Waals surface area contributed by atoms with Crippen LogP contribution < -0.4 is 25.2 Å². The molecule has 0 radical (unpaired) electrons. The Morgan fingerprint density at radius 3 is 2.61 bits per heavy atom. The molecule has 3 aliphatic rings. The van der Waals surface area contributed by atoms with E-state index in [1.165, 1.54) is 12.8 Å². The van der Waals surface area contributed by atoms with Crippen LogP contribution in [0.15, 0.2) is 48.9 Å². The van der Waals surface area contributed by atoms with Crippen LogP contribution in [0.3, 0.4) is 0 Å². The molecule has 10 nitrogen and oxygen atoms in total. The number of ether oxygens (including phenoxy) is 1. The van der Waals surface area contributed by atoms with E-state index in [0.717, 1.165) is 37.2 Å². The Morgan fingerprint density at radius 2 is 1.89 bits per heavy atom. The molecule has 2 fully saturated rings. The van der Waals surface area contributed by atoms with E-state index in [4.69, 9.17) is 9.72 Å². The monoisotopic (exact) mass is 513 g/mol. The minimum Gasteiger partial charge on any atom is -0.495 e. The topological polar surface area (TPSA) is 113 Å². The Hall–Kier alpha value is -4.21. The van der Waals surface area contributed by atoms with E-state index in [-0.39, 0.29) is 17.2 Å². The summed E-state index contributed by atoms with van der Waals surface area (Å²) in [5.41, 5.74) is 2.19. The van der Waals surface area contributed by atoms with Crippen LogP contribution in [0.4, 0.5) is 28.8 Å². The largest absolute Gasteiger partial charge is 0.495 e. The number of nitrogens with zero attached hydrogens (tertiary/aromatic N) is 5. The number of anilines is 5. The van der Waals surface area contributed by atoms with E-state index in [1.807, 2.05) is 7.05 Å². The van der Waals surface area contributed by atoms with Crippen LogP contribution in [0.5, 0.6) is 5.75 Å². The van der Waals surface area contributed by atoms with E-state index in [2.05, 4.69) is 25.5 Å². The Kier molecular flexibility index (Phi) is 6.09. The molecule has 3 aromatic rings. The van der Waals surface area contributed by atoms with Crippen LogP contribution >= 0.6 is 0 Å². The van der Waals surface area contributed by atoms with Gasteiger partial charge in [-0.3, -0.25) is 14.6 Å². The second-order valence-electron chi connectivity index (χ2n) is 10.3. The molecule has 38 heavy (non-hydrogen) atoms. The van der Waals surface area contributed by atoms with Crippen LogP contribution in [0.25, 0.3) is 0 Å². The van der Waals surface area contributed by atoms with Gasteiger partial charge in [0.15, 0.2) is 5.82 Å². The zero-order valence-electron chi connectivity index (χ0n) is 21.6. The SMILES string of the molecule is COc1cc(C(=O)Nc2ccncc2)ccc1Nc1ncc2c(n1)N(C1CCCC1)CC1(CC1)C(=O)N2C. The molecule has 10 heteroatoms. The number of carbonyl (C=O) groups excluding carboxylic acids is 2. The number of carbonyl (C=O) groups is 2. The lowest BCUT2D eigenvalue weighted by Gasteiger charge is -2.31. The highest BCUT2D eigenvalue weighted by molar-refractivity contribution is 6.05. The minimum absolute atomic E-state index is 0.158. The summed E-state index contributed by atoms with van der Waals surface area (Å²) >= 11 is 0. The summed E-state index contributed by atoms with van der Waals surface area (Å²) in [5.74, 6) is 1.60. The Labute approximate surface area is 221 Å². The highest BCUT2D eigenvalue weighted by Gasteiger charge is 2.55. The summed E-state index contributed by atoms with van der Waals surface area (Å²) in [6.45, 7) is 0.703. The van der Waals surface area contributed by atoms with Gasteiger partial charge in [-0.2, -0.15) is 4.98 Å². The number of pyridine rings is 1. The first-order chi connectivity index (χ1) is 18.5. The smallest absolute Gasteiger partial charge is 0.255 e. The molecule has 1 aromatic carbocycles. The quantitative estimate of drug-likeness (QED) is 0.499. The standard InChI is InChI=1S/C28H31N7O3/c1-34-22-16-30-27(33-24(22)35(20-5-3-4-6-20)17-28(11-12-28)26(34)37)32-21-8-7-18(15-23(21)38-2)25(36)31-19-9-13-29-14-10-19/h7-10,13-16,20H,3-6,11-12,17H2,1-2H3,(H,29,31,36)(H,30,32,33). The van der Waals surface area contributed by atoms with Crippen molar-refractivity contribution in [2.45, 2.75) is 44.6 Å². The number of fused-ring (bicyclic) bond motifs is 1. The normalized spacial score (nSPS) is 18.2. The van der Waals surface area contributed by atoms with Gasteiger partial charge in [0, 0.05) is 43.3 Å². The molecule has 3 heterocycles. The van der Waals surface area contributed by atoms with E-state index in [9.17, 15) is 9.59 Å². The second kappa shape index (κ2) is 9.59. The number of benzene rings is 1. The number of methoxy groups -OCH3 is 1. The van der Waals surface area contributed by atoms with Gasteiger partial charge >= 0.3 is 0 Å². The molecule has 0 saturated heterocycles. The third-order valence-electron chi connectivity index (χ3n) is 7.88. The van der Waals surface area contributed by atoms with E-state index >= 15 is 0 Å². The molecular formula is C28H31N7O3. The highest BCUT2D eigenvalue weighted by Crippen LogP contribution is 2.52. The summed E-state index contributed by atoms with van der Waals surface area (Å²) < 4.78 is 5.59. The number of hydrogen-bond acceptors (Lipinski definition) is 8. The van der Waals surface area contributed by atoms with Gasteiger partial charge in [-0.1, -0.05) is 12.8 Å². The van der Waals surface area contributed by atoms with Crippen molar-refractivity contribution in [1.29, 1.82) is 0 Å². The van der Waals surface area contributed by atoms with Crippen molar-refractivity contribution >= 4 is 40.6 Å². The fraction of sp³-hybridized carbons (Fsp3) is 0.393. The molecular weight excluding hydrogens is 482 g/mol. The average Bonchev–Trinajstić information content (AvgIpc) is 3.55. The van der Waals surface area contributed by atoms with Gasteiger partial charge in [-0.15, -0.1) is 0 Å². The van der Waals surface area contributed by atoms with Crippen molar-refractivity contribution in [3.05, 3.63) is 54.5 Å². The zero-order valence-corrected chi connectivity index (χ0v) is 21.6. The minimum atomic E-state index is -0.304. The average molecular weight is 514 g/mol. The Balaban J connectivity index is 1.28. The Morgan fingerprint density at radius 1 is 1.13 bits per heavy atom. The molecule has 2 saturated carbocycles. The van der Waals surface area contributed by atoms with Crippen LogP contribution in [0.2, 0.25) is 0 Å². The van der Waals surface area contributed by atoms with Gasteiger partial charge < -0.3 is 25.2 Å². The van der Waals surface area contributed by atoms with Gasteiger partial charge in [0.05, 0.1) is 24.4 Å². The van der Waals surface area contributed by atoms with Crippen LogP contribution in [-0.2, 0) is 4.79 Å². The van der Waals surface area contributed by atoms with Crippen LogP contribution in [0, 0.1) is 5.41 Å². The van der Waals surface area contributed by atoms with E-state index < -0.39 is 0 Å². The van der Waals surface area contributed by atoms with Crippen molar-refractivity contribution in [1.82, 2.24) is 15.0 Å². The molecule has 1 spiro atoms. The number of rotatable bonds is 6. The fourth-order valence-corrected chi connectivity index (χ4v) is 5.54. The summed E-state index contributed by atoms with van der Waals surface area (Å²) in [7, 11) is 3.38. The second-order valence-corrected chi connectivity index (χ2v) is 10.3. The molecule has 6 rings (SSSR count). The third kappa shape index (κ3) is 4.40. The summed E-state index contributed by atoms with van der Waals surface area (Å²) in [6, 6.07) is 9.01. The predicted molar refractivity (Wildman–Crippen MR) is 145 cm³/mol. The zero-order chi connectivity index (χ0) is 26.3. The first-order valence-corrected chi connectivity index (χ1v) is 13.1. The first-order valence-electron chi connectivity index (χ1n) is 13.1. The molecule has 2 N–H and O–H groups in total. The lowest BCUT2D eigenvalue weighted by atomic mass is 10.0. The van der Waals surface area contributed by atoms with Gasteiger partial charge in [0.25, 0.3) is 5.91 Å². The molecule has 0 unspecified atom stereocenters. The maximum absolute atomic E-state index is 13.3. The number of amides is 2. The van der Waals surface area contributed by atoms with E-state index in [0.29, 0.717) is 41.2 Å². The van der Waals surface area contributed by atoms with Crippen molar-refractivity contribution in [3.63, 3.8) is 0 Å². The number of hydrogen-bond donors (Lipinski definition) is 2. The van der Waals surface area contributed by atoms with Gasteiger partial charge in [0.2, 0.25) is 11.9 Å². The molecule has 2 amide bonds. The summed E-state index contributed by atoms with van der Waals surface area (Å²) in [5, 5.41) is 6.12. The summed E-state index contributed by atoms with van der Waals surface area (Å²) in [4.78, 5) is 43.6. The van der Waals surface area contributed by atoms with E-state index in [1.54, 1.807) is 60.9 Å². The first kappa shape index (κ1) is 24.1. The van der Waals surface area contributed by atoms with Crippen LogP contribution in [0.1, 0.15) is 48.9 Å². The fourth-order valence-electron chi connectivity index (χ4n) is 5.54. The predicted octanol–water partition coefficient (Wildman–Crippen LogP) is 4.38. The molecule has 2 aromatic heterocycles. The lowest BCUT2D eigenvalue weighted by molar-refractivity contribution is -0.122. The molecule has 0 atom stereocenters. The highest BCUT2D eigenvalue weighted by atomic mass is 16.5. The maximum atomic E-state index is 13.3. The van der Waals surface area contributed by atoms with Gasteiger partial charge in [-0.25, -0.2) is 4.98 Å². The number of aromatic nitrogens is 3. The Bertz CT molecular complexity index is 1370. The van der Waals surface area contributed by atoms with Crippen molar-refractivity contribution in [3.8, 4) is 5.75 Å². The van der Waals surface area contributed by atoms with Crippen molar-refractivity contribution in [2.24, 2.45) is 5.41 Å². The van der Waals surface area contributed by atoms with Crippen molar-refractivity contribution in [2.75, 3.05) is 41.1 Å². The number of nitrogens with one attached hydrogen (secondary N) is 2. The van der Waals surface area contributed by atoms with Gasteiger partial charge in [0.1, 0.15) is 11.4 Å². The lowest BCUT2D eigenvalue weighted by Crippen LogP contribution is -2.41. The maximum Gasteiger partial charge on any atom is 0.255 e.